The summed E-state index contributed by atoms with van der Waals surface area (Å²) in [6, 6.07) is 17.0. The van der Waals surface area contributed by atoms with Crippen LogP contribution in [0.3, 0.4) is 0 Å². The third kappa shape index (κ3) is 6.30. The summed E-state index contributed by atoms with van der Waals surface area (Å²) in [6.45, 7) is 1.06. The van der Waals surface area contributed by atoms with Gasteiger partial charge in [0.1, 0.15) is 17.9 Å². The Bertz CT molecular complexity index is 1130. The van der Waals surface area contributed by atoms with Gasteiger partial charge in [-0.2, -0.15) is 5.26 Å². The third-order valence-corrected chi connectivity index (χ3v) is 7.32. The standard InChI is InChI=1S/C29H35N3O5/c1-31-19-26-25(35-3)13-12-23(37-26)14-15-36-28-21(17-30)10-7-11-24(28)29(34)32(2)18-22(16-27(31)33)20-8-5-4-6-9-20/h4-11,22-23,25-26H,12-16,18-19H2,1-3H3/t22-,23-,25+,26-/m0/s1. The minimum atomic E-state index is -0.252. The molecule has 2 aliphatic rings. The number of hydrogen-bond acceptors (Lipinski definition) is 6. The van der Waals surface area contributed by atoms with Gasteiger partial charge in [-0.15, -0.1) is 0 Å². The highest BCUT2D eigenvalue weighted by molar-refractivity contribution is 5.97. The quantitative estimate of drug-likeness (QED) is 0.619. The van der Waals surface area contributed by atoms with Crippen LogP contribution in [-0.4, -0.2) is 80.8 Å². The van der Waals surface area contributed by atoms with Crippen molar-refractivity contribution in [3.8, 4) is 11.8 Å². The first-order valence-electron chi connectivity index (χ1n) is 12.8. The van der Waals surface area contributed by atoms with E-state index in [9.17, 15) is 14.9 Å². The fraction of sp³-hybridized carbons (Fsp3) is 0.483. The molecule has 0 aliphatic carbocycles. The molecule has 37 heavy (non-hydrogen) atoms. The van der Waals surface area contributed by atoms with E-state index in [1.165, 1.54) is 0 Å². The zero-order valence-electron chi connectivity index (χ0n) is 21.8. The molecular weight excluding hydrogens is 470 g/mol. The van der Waals surface area contributed by atoms with Crippen LogP contribution in [0.15, 0.2) is 48.5 Å². The van der Waals surface area contributed by atoms with E-state index >= 15 is 0 Å². The number of nitriles is 1. The Hall–Kier alpha value is -3.41. The molecule has 2 heterocycles. The Labute approximate surface area is 218 Å². The molecule has 2 aromatic carbocycles. The van der Waals surface area contributed by atoms with E-state index in [1.54, 1.807) is 49.2 Å². The molecule has 196 valence electrons. The van der Waals surface area contributed by atoms with E-state index in [0.29, 0.717) is 43.0 Å². The second kappa shape index (κ2) is 12.2. The van der Waals surface area contributed by atoms with Crippen molar-refractivity contribution in [2.45, 2.75) is 49.9 Å². The Kier molecular flexibility index (Phi) is 8.80. The number of likely N-dealkylation sites (N-methyl/N-ethyl adjacent to an activating group) is 2. The van der Waals surface area contributed by atoms with E-state index in [0.717, 1.165) is 18.4 Å². The number of ether oxygens (including phenoxy) is 3. The lowest BCUT2D eigenvalue weighted by atomic mass is 9.93. The molecule has 2 bridgehead atoms. The summed E-state index contributed by atoms with van der Waals surface area (Å²) >= 11 is 0. The summed E-state index contributed by atoms with van der Waals surface area (Å²) in [5, 5.41) is 9.69. The molecule has 0 unspecified atom stereocenters. The molecule has 4 rings (SSSR count). The van der Waals surface area contributed by atoms with Crippen LogP contribution >= 0.6 is 0 Å². The van der Waals surface area contributed by atoms with Gasteiger partial charge < -0.3 is 24.0 Å². The first-order chi connectivity index (χ1) is 17.9. The number of carbonyl (C=O) groups excluding carboxylic acids is 2. The molecule has 0 spiro atoms. The lowest BCUT2D eigenvalue weighted by Gasteiger charge is -2.38. The van der Waals surface area contributed by atoms with Gasteiger partial charge in [-0.25, -0.2) is 0 Å². The van der Waals surface area contributed by atoms with Gasteiger partial charge in [0.2, 0.25) is 5.91 Å². The molecule has 2 amide bonds. The maximum absolute atomic E-state index is 13.6. The van der Waals surface area contributed by atoms with E-state index in [1.807, 2.05) is 30.3 Å². The summed E-state index contributed by atoms with van der Waals surface area (Å²) in [7, 11) is 5.20. The number of hydrogen-bond donors (Lipinski definition) is 0. The minimum Gasteiger partial charge on any atom is -0.491 e. The molecule has 1 saturated heterocycles. The van der Waals surface area contributed by atoms with Crippen molar-refractivity contribution in [3.05, 3.63) is 65.2 Å². The molecule has 0 aromatic heterocycles. The van der Waals surface area contributed by atoms with E-state index in [-0.39, 0.29) is 42.5 Å². The van der Waals surface area contributed by atoms with Gasteiger partial charge in [-0.05, 0) is 30.5 Å². The molecule has 0 saturated carbocycles. The summed E-state index contributed by atoms with van der Waals surface area (Å²) in [4.78, 5) is 30.3. The molecule has 2 aromatic rings. The van der Waals surface area contributed by atoms with Crippen LogP contribution in [0.25, 0.3) is 0 Å². The number of fused-ring (bicyclic) bond motifs is 3. The lowest BCUT2D eigenvalue weighted by molar-refractivity contribution is -0.150. The van der Waals surface area contributed by atoms with Gasteiger partial charge in [0.15, 0.2) is 0 Å². The number of carbonyl (C=O) groups is 2. The monoisotopic (exact) mass is 505 g/mol. The van der Waals surface area contributed by atoms with Crippen molar-refractivity contribution < 1.29 is 23.8 Å². The van der Waals surface area contributed by atoms with Crippen LogP contribution < -0.4 is 4.74 Å². The van der Waals surface area contributed by atoms with Crippen LogP contribution in [0.1, 0.15) is 53.1 Å². The van der Waals surface area contributed by atoms with Crippen molar-refractivity contribution in [2.24, 2.45) is 0 Å². The van der Waals surface area contributed by atoms with Crippen LogP contribution in [0.5, 0.6) is 5.75 Å². The summed E-state index contributed by atoms with van der Waals surface area (Å²) < 4.78 is 18.1. The lowest BCUT2D eigenvalue weighted by Crippen LogP contribution is -2.48. The fourth-order valence-electron chi connectivity index (χ4n) is 5.19. The predicted octanol–water partition coefficient (Wildman–Crippen LogP) is 3.61. The number of methoxy groups -OCH3 is 1. The van der Waals surface area contributed by atoms with Gasteiger partial charge in [-0.1, -0.05) is 36.4 Å². The van der Waals surface area contributed by atoms with Crippen LogP contribution in [-0.2, 0) is 14.3 Å². The van der Waals surface area contributed by atoms with Gasteiger partial charge in [0.25, 0.3) is 5.91 Å². The number of rotatable bonds is 2. The molecule has 0 N–H and O–H groups in total. The van der Waals surface area contributed by atoms with Crippen molar-refractivity contribution in [2.75, 3.05) is 40.9 Å². The summed E-state index contributed by atoms with van der Waals surface area (Å²) in [6.07, 6.45) is 2.07. The Morgan fingerprint density at radius 3 is 2.49 bits per heavy atom. The van der Waals surface area contributed by atoms with Crippen molar-refractivity contribution in [1.82, 2.24) is 9.80 Å². The zero-order valence-corrected chi connectivity index (χ0v) is 21.8. The van der Waals surface area contributed by atoms with Crippen molar-refractivity contribution in [3.63, 3.8) is 0 Å². The zero-order chi connectivity index (χ0) is 26.4. The molecule has 1 fully saturated rings. The third-order valence-electron chi connectivity index (χ3n) is 7.32. The SMILES string of the molecule is CO[C@@H]1CC[C@H]2CCOc3c(C#N)cccc3C(=O)N(C)C[C@@H](c3ccccc3)CC(=O)N(C)C[C@@H]1O2. The molecule has 0 radical (unpaired) electrons. The second-order valence-corrected chi connectivity index (χ2v) is 9.85. The van der Waals surface area contributed by atoms with E-state index in [4.69, 9.17) is 14.2 Å². The van der Waals surface area contributed by atoms with E-state index in [2.05, 4.69) is 6.07 Å². The predicted molar refractivity (Wildman–Crippen MR) is 138 cm³/mol. The van der Waals surface area contributed by atoms with Gasteiger partial charge >= 0.3 is 0 Å². The maximum Gasteiger partial charge on any atom is 0.257 e. The maximum atomic E-state index is 13.6. The average Bonchev–Trinajstić information content (AvgIpc) is 2.92. The minimum absolute atomic E-state index is 0.0159. The van der Waals surface area contributed by atoms with Gasteiger partial charge in [0, 0.05) is 53.1 Å². The molecule has 4 atom stereocenters. The van der Waals surface area contributed by atoms with Crippen LogP contribution in [0.4, 0.5) is 0 Å². The first kappa shape index (κ1) is 26.6. The molecule has 8 nitrogen and oxygen atoms in total. The Morgan fingerprint density at radius 2 is 1.76 bits per heavy atom. The number of para-hydroxylation sites is 1. The van der Waals surface area contributed by atoms with E-state index < -0.39 is 0 Å². The van der Waals surface area contributed by atoms with Crippen molar-refractivity contribution in [1.29, 1.82) is 5.26 Å². The molecular formula is C29H35N3O5. The largest absolute Gasteiger partial charge is 0.491 e. The first-order valence-corrected chi connectivity index (χ1v) is 12.8. The summed E-state index contributed by atoms with van der Waals surface area (Å²) in [5.41, 5.74) is 1.64. The number of benzene rings is 2. The topological polar surface area (TPSA) is 92.1 Å². The van der Waals surface area contributed by atoms with Crippen molar-refractivity contribution >= 4 is 11.8 Å². The number of nitrogens with zero attached hydrogens (tertiary/aromatic N) is 3. The number of amides is 2. The van der Waals surface area contributed by atoms with Gasteiger partial charge in [0.05, 0.1) is 29.9 Å². The summed E-state index contributed by atoms with van der Waals surface area (Å²) in [5.74, 6) is -0.182. The fourth-order valence-corrected chi connectivity index (χ4v) is 5.19. The van der Waals surface area contributed by atoms with Crippen LogP contribution in [0, 0.1) is 11.3 Å². The normalized spacial score (nSPS) is 25.7. The average molecular weight is 506 g/mol. The smallest absolute Gasteiger partial charge is 0.257 e. The highest BCUT2D eigenvalue weighted by Crippen LogP contribution is 2.30. The molecule has 2 aliphatic heterocycles. The van der Waals surface area contributed by atoms with Crippen LogP contribution in [0.2, 0.25) is 0 Å². The van der Waals surface area contributed by atoms with Gasteiger partial charge in [-0.3, -0.25) is 9.59 Å². The molecule has 8 heteroatoms. The second-order valence-electron chi connectivity index (χ2n) is 9.85. The highest BCUT2D eigenvalue weighted by atomic mass is 16.5. The highest BCUT2D eigenvalue weighted by Gasteiger charge is 2.34. The Morgan fingerprint density at radius 1 is 0.973 bits per heavy atom. The Balaban J connectivity index is 1.69.